The zero-order chi connectivity index (χ0) is 16.7. The predicted molar refractivity (Wildman–Crippen MR) is 86.5 cm³/mol. The molecule has 0 bridgehead atoms. The van der Waals surface area contributed by atoms with Gasteiger partial charge in [0.1, 0.15) is 6.61 Å². The van der Waals surface area contributed by atoms with Crippen LogP contribution in [0.3, 0.4) is 0 Å². The molecule has 2 aliphatic carbocycles. The summed E-state index contributed by atoms with van der Waals surface area (Å²) in [6.07, 6.45) is 4.52. The van der Waals surface area contributed by atoms with Crippen LogP contribution >= 0.6 is 0 Å². The minimum absolute atomic E-state index is 0.0161. The summed E-state index contributed by atoms with van der Waals surface area (Å²) < 4.78 is 0. The van der Waals surface area contributed by atoms with Crippen molar-refractivity contribution < 1.29 is 15.2 Å². The number of nitrogens with two attached hydrogens (primary N) is 1. The molecule has 0 aliphatic heterocycles. The molecule has 0 heterocycles. The van der Waals surface area contributed by atoms with Crippen LogP contribution in [-0.2, 0) is 4.84 Å². The number of rotatable bonds is 6. The molecule has 0 amide bonds. The van der Waals surface area contributed by atoms with E-state index in [1.165, 1.54) is 0 Å². The van der Waals surface area contributed by atoms with Crippen LogP contribution in [0.15, 0.2) is 11.8 Å². The zero-order valence-electron chi connectivity index (χ0n) is 14.6. The van der Waals surface area contributed by atoms with E-state index >= 15 is 0 Å². The molecule has 4 N–H and O–H groups in total. The Morgan fingerprint density at radius 2 is 2.05 bits per heavy atom. The lowest BCUT2D eigenvalue weighted by molar-refractivity contribution is -1.10. The van der Waals surface area contributed by atoms with Crippen molar-refractivity contribution in [3.05, 3.63) is 17.0 Å². The summed E-state index contributed by atoms with van der Waals surface area (Å²) in [6, 6.07) is 0. The van der Waals surface area contributed by atoms with Crippen molar-refractivity contribution in [2.45, 2.75) is 59.5 Å². The minimum Gasteiger partial charge on any atom is -0.598 e. The van der Waals surface area contributed by atoms with Crippen molar-refractivity contribution in [3.63, 3.8) is 0 Å². The molecular formula is C17H32N2O3. The summed E-state index contributed by atoms with van der Waals surface area (Å²) in [5.74, 6) is 1.57. The number of fused-ring (bicyclic) bond motifs is 1. The van der Waals surface area contributed by atoms with Crippen LogP contribution in [-0.4, -0.2) is 17.4 Å². The zero-order valence-corrected chi connectivity index (χ0v) is 14.6. The van der Waals surface area contributed by atoms with E-state index in [2.05, 4.69) is 20.8 Å². The molecule has 5 atom stereocenters. The van der Waals surface area contributed by atoms with E-state index in [1.54, 1.807) is 0 Å². The Morgan fingerprint density at radius 1 is 1.41 bits per heavy atom. The van der Waals surface area contributed by atoms with Gasteiger partial charge in [0.2, 0.25) is 0 Å². The maximum absolute atomic E-state index is 12.6. The van der Waals surface area contributed by atoms with Gasteiger partial charge in [-0.15, -0.1) is 0 Å². The molecule has 0 spiro atoms. The first-order chi connectivity index (χ1) is 10.0. The topological polar surface area (TPSA) is 83.0 Å². The molecule has 1 fully saturated rings. The van der Waals surface area contributed by atoms with Crippen LogP contribution in [0.4, 0.5) is 0 Å². The molecule has 0 radical (unpaired) electrons. The normalized spacial score (nSPS) is 32.2. The van der Waals surface area contributed by atoms with Gasteiger partial charge < -0.3 is 10.3 Å². The number of hydrogen-bond donors (Lipinski definition) is 3. The van der Waals surface area contributed by atoms with Gasteiger partial charge in [-0.2, -0.15) is 0 Å². The Kier molecular flexibility index (Phi) is 4.93. The third kappa shape index (κ3) is 4.02. The Labute approximate surface area is 134 Å². The largest absolute Gasteiger partial charge is 0.598 e. The van der Waals surface area contributed by atoms with Gasteiger partial charge in [-0.25, -0.2) is 10.1 Å². The fourth-order valence-electron chi connectivity index (χ4n) is 3.52. The molecule has 0 saturated heterocycles. The lowest BCUT2D eigenvalue weighted by atomic mass is 9.80. The summed E-state index contributed by atoms with van der Waals surface area (Å²) in [5, 5.41) is 22.1. The molecular weight excluding hydrogens is 280 g/mol. The lowest BCUT2D eigenvalue weighted by Gasteiger charge is -2.44. The van der Waals surface area contributed by atoms with Gasteiger partial charge in [0.15, 0.2) is 5.66 Å². The highest BCUT2D eigenvalue weighted by Gasteiger charge is 2.45. The van der Waals surface area contributed by atoms with E-state index in [0.29, 0.717) is 30.6 Å². The minimum atomic E-state index is -0.958. The smallest absolute Gasteiger partial charge is 0.181 e. The van der Waals surface area contributed by atoms with Gasteiger partial charge in [0, 0.05) is 24.2 Å². The quantitative estimate of drug-likeness (QED) is 0.518. The van der Waals surface area contributed by atoms with E-state index < -0.39 is 5.66 Å². The van der Waals surface area contributed by atoms with Crippen LogP contribution in [0.1, 0.15) is 53.9 Å². The van der Waals surface area contributed by atoms with Gasteiger partial charge >= 0.3 is 0 Å². The number of quaternary nitrogens is 1. The lowest BCUT2D eigenvalue weighted by Crippen LogP contribution is -3.19. The molecule has 5 heteroatoms. The van der Waals surface area contributed by atoms with Crippen molar-refractivity contribution in [2.24, 2.45) is 34.8 Å². The predicted octanol–water partition coefficient (Wildman–Crippen LogP) is 2.15. The monoisotopic (exact) mass is 312 g/mol. The Morgan fingerprint density at radius 3 is 2.55 bits per heavy atom. The third-order valence-corrected chi connectivity index (χ3v) is 4.98. The molecule has 5 nitrogen and oxygen atoms in total. The van der Waals surface area contributed by atoms with Gasteiger partial charge in [-0.05, 0) is 30.3 Å². The van der Waals surface area contributed by atoms with Gasteiger partial charge in [0.05, 0.1) is 5.76 Å². The summed E-state index contributed by atoms with van der Waals surface area (Å²) in [5.41, 5.74) is 5.41. The number of aliphatic hydroxyl groups excluding tert-OH is 1. The Bertz CT molecular complexity index is 430. The fourth-order valence-corrected chi connectivity index (χ4v) is 3.52. The average molecular weight is 312 g/mol. The summed E-state index contributed by atoms with van der Waals surface area (Å²) >= 11 is 0. The third-order valence-electron chi connectivity index (χ3n) is 4.98. The average Bonchev–Trinajstić information content (AvgIpc) is 3.13. The van der Waals surface area contributed by atoms with Crippen molar-refractivity contribution in [3.8, 4) is 0 Å². The van der Waals surface area contributed by atoms with Crippen molar-refractivity contribution in [1.82, 2.24) is 0 Å². The summed E-state index contributed by atoms with van der Waals surface area (Å²) in [6.45, 7) is 10.5. The molecule has 22 heavy (non-hydrogen) atoms. The first-order valence-electron chi connectivity index (χ1n) is 8.39. The van der Waals surface area contributed by atoms with E-state index in [0.717, 1.165) is 12.8 Å². The molecule has 5 unspecified atom stereocenters. The van der Waals surface area contributed by atoms with Crippen molar-refractivity contribution in [2.75, 3.05) is 6.61 Å². The van der Waals surface area contributed by atoms with E-state index in [1.807, 2.05) is 19.9 Å². The van der Waals surface area contributed by atoms with Crippen molar-refractivity contribution >= 4 is 0 Å². The van der Waals surface area contributed by atoms with E-state index in [-0.39, 0.29) is 22.5 Å². The molecule has 0 aromatic carbocycles. The van der Waals surface area contributed by atoms with Crippen LogP contribution in [0.25, 0.3) is 0 Å². The number of aliphatic hydroxyl groups is 1. The van der Waals surface area contributed by atoms with Crippen molar-refractivity contribution in [1.29, 1.82) is 0 Å². The highest BCUT2D eigenvalue weighted by atomic mass is 16.9. The number of nitrogens with one attached hydrogen (secondary N) is 1. The molecule has 1 saturated carbocycles. The second kappa shape index (κ2) is 6.11. The van der Waals surface area contributed by atoms with Crippen LogP contribution in [0.2, 0.25) is 0 Å². The molecule has 2 aliphatic rings. The molecule has 128 valence electrons. The second-order valence-electron chi connectivity index (χ2n) is 8.72. The maximum atomic E-state index is 12.6. The van der Waals surface area contributed by atoms with Gasteiger partial charge in [-0.3, -0.25) is 5.73 Å². The van der Waals surface area contributed by atoms with Crippen LogP contribution < -0.4 is 11.0 Å². The standard InChI is InChI=1S/C17H32N2O3/c1-11(2)17(18,10-16(3,4)5)19(21)22-9-12-6-13-8-14(13)15(20)7-12/h7,11-14,19-20H,6,8-10,18H2,1-5H3. The number of allylic oxidation sites excluding steroid dienone is 1. The number of hydrogen-bond acceptors (Lipinski definition) is 4. The summed E-state index contributed by atoms with van der Waals surface area (Å²) in [7, 11) is 0. The van der Waals surface area contributed by atoms with Gasteiger partial charge in [0.25, 0.3) is 0 Å². The van der Waals surface area contributed by atoms with Crippen LogP contribution in [0.5, 0.6) is 0 Å². The SMILES string of the molecule is CC(C)C(N)(CC(C)(C)C)[NH+]([O-])OCC1C=C(O)C2CC2C1. The highest BCUT2D eigenvalue weighted by molar-refractivity contribution is 5.15. The molecule has 0 aromatic heterocycles. The molecule has 2 rings (SSSR count). The number of hydroxylamine groups is 2. The second-order valence-corrected chi connectivity index (χ2v) is 8.72. The Balaban J connectivity index is 1.94. The van der Waals surface area contributed by atoms with Gasteiger partial charge in [-0.1, -0.05) is 34.6 Å². The fraction of sp³-hybridized carbons (Fsp3) is 0.882. The first-order valence-corrected chi connectivity index (χ1v) is 8.39. The summed E-state index contributed by atoms with van der Waals surface area (Å²) in [4.78, 5) is 5.55. The van der Waals surface area contributed by atoms with E-state index in [9.17, 15) is 10.3 Å². The highest BCUT2D eigenvalue weighted by Crippen LogP contribution is 2.50. The Hall–Kier alpha value is -0.620. The first kappa shape index (κ1) is 17.7. The maximum Gasteiger partial charge on any atom is 0.181 e. The van der Waals surface area contributed by atoms with E-state index in [4.69, 9.17) is 10.6 Å². The van der Waals surface area contributed by atoms with Crippen LogP contribution in [0, 0.1) is 34.3 Å². The molecule has 0 aromatic rings.